The van der Waals surface area contributed by atoms with Crippen LogP contribution in [0.4, 0.5) is 5.69 Å². The molecular weight excluding hydrogens is 485 g/mol. The van der Waals surface area contributed by atoms with Crippen LogP contribution in [0.15, 0.2) is 58.4 Å². The van der Waals surface area contributed by atoms with Gasteiger partial charge < -0.3 is 10.1 Å². The standard InChI is InChI=1S/C17H14IN3O5S/c18-11-4-3-5-12(8-11)20-15(22)10-26-16(23)9-19-17-13-6-1-2-7-14(13)27(24,25)21-17/h1-8H,9-10H2,(H,19,21)(H,20,22). The van der Waals surface area contributed by atoms with Crippen LogP contribution in [0, 0.1) is 3.57 Å². The zero-order chi connectivity index (χ0) is 19.4. The molecule has 0 atom stereocenters. The number of sulfonamides is 1. The van der Waals surface area contributed by atoms with E-state index in [4.69, 9.17) is 4.74 Å². The van der Waals surface area contributed by atoms with Crippen LogP contribution in [0.5, 0.6) is 0 Å². The van der Waals surface area contributed by atoms with Crippen LogP contribution in [-0.2, 0) is 24.3 Å². The molecule has 8 nitrogen and oxygen atoms in total. The van der Waals surface area contributed by atoms with Crippen LogP contribution in [0.3, 0.4) is 0 Å². The summed E-state index contributed by atoms with van der Waals surface area (Å²) in [6, 6.07) is 13.5. The lowest BCUT2D eigenvalue weighted by molar-refractivity contribution is -0.145. The lowest BCUT2D eigenvalue weighted by Crippen LogP contribution is -2.25. The van der Waals surface area contributed by atoms with Crippen molar-refractivity contribution in [2.75, 3.05) is 18.5 Å². The lowest BCUT2D eigenvalue weighted by atomic mass is 10.2. The molecule has 1 heterocycles. The van der Waals surface area contributed by atoms with Gasteiger partial charge >= 0.3 is 5.97 Å². The average Bonchev–Trinajstić information content (AvgIpc) is 2.89. The number of aliphatic imine (C=N–C) groups is 1. The molecule has 0 aromatic heterocycles. The number of carbonyl (C=O) groups excluding carboxylic acids is 2. The molecule has 0 unspecified atom stereocenters. The van der Waals surface area contributed by atoms with Crippen LogP contribution < -0.4 is 10.0 Å². The Balaban J connectivity index is 1.54. The van der Waals surface area contributed by atoms with Crippen LogP contribution in [0.25, 0.3) is 0 Å². The summed E-state index contributed by atoms with van der Waals surface area (Å²) in [5, 5.41) is 2.61. The first kappa shape index (κ1) is 19.3. The van der Waals surface area contributed by atoms with Gasteiger partial charge in [-0.2, -0.15) is 0 Å². The molecule has 3 rings (SSSR count). The molecule has 2 aromatic carbocycles. The summed E-state index contributed by atoms with van der Waals surface area (Å²) in [5.74, 6) is -1.15. The van der Waals surface area contributed by atoms with Crippen molar-refractivity contribution in [1.82, 2.24) is 4.72 Å². The largest absolute Gasteiger partial charge is 0.454 e. The average molecular weight is 499 g/mol. The Kier molecular flexibility index (Phi) is 5.75. The third-order valence-electron chi connectivity index (χ3n) is 3.50. The molecule has 0 saturated heterocycles. The summed E-state index contributed by atoms with van der Waals surface area (Å²) in [4.78, 5) is 27.7. The smallest absolute Gasteiger partial charge is 0.328 e. The molecule has 140 valence electrons. The van der Waals surface area contributed by atoms with Crippen LogP contribution in [0.1, 0.15) is 5.56 Å². The molecule has 1 amide bonds. The maximum absolute atomic E-state index is 12.0. The van der Waals surface area contributed by atoms with Crippen molar-refractivity contribution in [3.8, 4) is 0 Å². The first-order valence-electron chi connectivity index (χ1n) is 7.73. The zero-order valence-corrected chi connectivity index (χ0v) is 16.8. The summed E-state index contributed by atoms with van der Waals surface area (Å²) < 4.78 is 32.0. The zero-order valence-electron chi connectivity index (χ0n) is 13.8. The molecule has 0 aliphatic carbocycles. The number of carbonyl (C=O) groups is 2. The van der Waals surface area contributed by atoms with Gasteiger partial charge in [0, 0.05) is 14.8 Å². The van der Waals surface area contributed by atoms with Gasteiger partial charge in [0.1, 0.15) is 12.4 Å². The monoisotopic (exact) mass is 499 g/mol. The highest BCUT2D eigenvalue weighted by molar-refractivity contribution is 14.1. The van der Waals surface area contributed by atoms with Crippen LogP contribution in [0.2, 0.25) is 0 Å². The fourth-order valence-corrected chi connectivity index (χ4v) is 4.14. The van der Waals surface area contributed by atoms with Gasteiger partial charge in [-0.25, -0.2) is 8.42 Å². The van der Waals surface area contributed by atoms with E-state index in [2.05, 4.69) is 37.6 Å². The van der Waals surface area contributed by atoms with E-state index in [1.54, 1.807) is 36.4 Å². The van der Waals surface area contributed by atoms with Gasteiger partial charge in [0.15, 0.2) is 6.61 Å². The fourth-order valence-electron chi connectivity index (χ4n) is 2.35. The number of nitrogens with zero attached hydrogens (tertiary/aromatic N) is 1. The highest BCUT2D eigenvalue weighted by Crippen LogP contribution is 2.22. The Labute approximate surface area is 169 Å². The van der Waals surface area contributed by atoms with E-state index in [0.717, 1.165) is 3.57 Å². The van der Waals surface area contributed by atoms with Crippen molar-refractivity contribution in [1.29, 1.82) is 0 Å². The van der Waals surface area contributed by atoms with Crippen molar-refractivity contribution < 1.29 is 22.7 Å². The van der Waals surface area contributed by atoms with Gasteiger partial charge in [-0.1, -0.05) is 18.2 Å². The fraction of sp³-hybridized carbons (Fsp3) is 0.118. The summed E-state index contributed by atoms with van der Waals surface area (Å²) in [5.41, 5.74) is 0.988. The van der Waals surface area contributed by atoms with Crippen molar-refractivity contribution in [3.63, 3.8) is 0 Å². The molecule has 0 radical (unpaired) electrons. The summed E-state index contributed by atoms with van der Waals surface area (Å²) in [6.45, 7) is -0.875. The molecule has 27 heavy (non-hydrogen) atoms. The van der Waals surface area contributed by atoms with Crippen LogP contribution >= 0.6 is 22.6 Å². The number of rotatable bonds is 5. The summed E-state index contributed by atoms with van der Waals surface area (Å²) in [6.07, 6.45) is 0. The minimum absolute atomic E-state index is 0.0749. The Morgan fingerprint density at radius 2 is 1.93 bits per heavy atom. The number of nitrogens with one attached hydrogen (secondary N) is 2. The van der Waals surface area contributed by atoms with Gasteiger partial charge in [0.25, 0.3) is 15.9 Å². The highest BCUT2D eigenvalue weighted by Gasteiger charge is 2.30. The minimum atomic E-state index is -3.66. The number of esters is 1. The number of hydrogen-bond acceptors (Lipinski definition) is 6. The van der Waals surface area contributed by atoms with Gasteiger partial charge in [0.05, 0.1) is 4.90 Å². The van der Waals surface area contributed by atoms with Gasteiger partial charge in [-0.3, -0.25) is 19.3 Å². The molecule has 10 heteroatoms. The summed E-state index contributed by atoms with van der Waals surface area (Å²) >= 11 is 2.12. The lowest BCUT2D eigenvalue weighted by Gasteiger charge is -2.06. The molecule has 0 bridgehead atoms. The number of hydrogen-bond donors (Lipinski definition) is 2. The predicted molar refractivity (Wildman–Crippen MR) is 107 cm³/mol. The Morgan fingerprint density at radius 3 is 2.70 bits per heavy atom. The SMILES string of the molecule is O=C(COC(=O)CN=C1NS(=O)(=O)c2ccccc21)Nc1cccc(I)c1. The normalized spacial score (nSPS) is 15.7. The maximum Gasteiger partial charge on any atom is 0.328 e. The van der Waals surface area contributed by atoms with Gasteiger partial charge in [0.2, 0.25) is 0 Å². The second-order valence-electron chi connectivity index (χ2n) is 5.49. The third kappa shape index (κ3) is 4.83. The van der Waals surface area contributed by atoms with Crippen LogP contribution in [-0.4, -0.2) is 39.3 Å². The second kappa shape index (κ2) is 8.05. The highest BCUT2D eigenvalue weighted by atomic mass is 127. The molecular formula is C17H14IN3O5S. The Morgan fingerprint density at radius 1 is 1.15 bits per heavy atom. The van der Waals surface area contributed by atoms with Gasteiger partial charge in [-0.05, 0) is 52.9 Å². The van der Waals surface area contributed by atoms with Crippen molar-refractivity contribution in [2.45, 2.75) is 4.90 Å². The second-order valence-corrected chi connectivity index (χ2v) is 8.38. The third-order valence-corrected chi connectivity index (χ3v) is 5.57. The minimum Gasteiger partial charge on any atom is -0.454 e. The van der Waals surface area contributed by atoms with E-state index >= 15 is 0 Å². The Hall–Kier alpha value is -2.47. The number of halogens is 1. The van der Waals surface area contributed by atoms with E-state index in [-0.39, 0.29) is 10.7 Å². The maximum atomic E-state index is 12.0. The van der Waals surface area contributed by atoms with Crippen molar-refractivity contribution in [3.05, 3.63) is 57.7 Å². The van der Waals surface area contributed by atoms with E-state index in [1.165, 1.54) is 6.07 Å². The molecule has 2 N–H and O–H groups in total. The number of ether oxygens (including phenoxy) is 1. The molecule has 2 aromatic rings. The molecule has 0 saturated carbocycles. The first-order chi connectivity index (χ1) is 12.8. The molecule has 0 fully saturated rings. The van der Waals surface area contributed by atoms with Crippen molar-refractivity contribution >= 4 is 56.0 Å². The van der Waals surface area contributed by atoms with E-state index in [9.17, 15) is 18.0 Å². The topological polar surface area (TPSA) is 114 Å². The number of amidine groups is 1. The Bertz CT molecular complexity index is 1040. The summed E-state index contributed by atoms with van der Waals surface area (Å²) in [7, 11) is -3.66. The van der Waals surface area contributed by atoms with Crippen molar-refractivity contribution in [2.24, 2.45) is 4.99 Å². The number of anilines is 1. The van der Waals surface area contributed by atoms with Gasteiger partial charge in [-0.15, -0.1) is 0 Å². The van der Waals surface area contributed by atoms with E-state index in [0.29, 0.717) is 11.3 Å². The molecule has 1 aliphatic heterocycles. The van der Waals surface area contributed by atoms with E-state index in [1.807, 2.05) is 6.07 Å². The molecule has 0 spiro atoms. The number of fused-ring (bicyclic) bond motifs is 1. The first-order valence-corrected chi connectivity index (χ1v) is 10.3. The van der Waals surface area contributed by atoms with E-state index < -0.39 is 35.1 Å². The molecule has 1 aliphatic rings. The quantitative estimate of drug-likeness (QED) is 0.479. The number of amides is 1. The number of benzene rings is 2. The predicted octanol–water partition coefficient (Wildman–Crippen LogP) is 1.51.